The van der Waals surface area contributed by atoms with E-state index in [0.29, 0.717) is 11.6 Å². The average Bonchev–Trinajstić information content (AvgIpc) is 3.10. The molecule has 6 nitrogen and oxygen atoms in total. The van der Waals surface area contributed by atoms with Crippen LogP contribution in [-0.4, -0.2) is 33.0 Å². The number of aromatic amines is 1. The minimum Gasteiger partial charge on any atom is -0.460 e. The highest BCUT2D eigenvalue weighted by Gasteiger charge is 2.24. The molecule has 2 N–H and O–H groups in total. The summed E-state index contributed by atoms with van der Waals surface area (Å²) in [5.74, 6) is -0.0138. The van der Waals surface area contributed by atoms with E-state index in [4.69, 9.17) is 4.74 Å². The van der Waals surface area contributed by atoms with Crippen LogP contribution in [0.2, 0.25) is 0 Å². The maximum absolute atomic E-state index is 12.6. The van der Waals surface area contributed by atoms with Crippen LogP contribution in [0, 0.1) is 13.8 Å². The average molecular weight is 364 g/mol. The summed E-state index contributed by atoms with van der Waals surface area (Å²) in [5, 5.41) is 4.21. The first-order chi connectivity index (χ1) is 13.1. The number of rotatable bonds is 4. The van der Waals surface area contributed by atoms with Crippen LogP contribution in [0.3, 0.4) is 0 Å². The molecule has 27 heavy (non-hydrogen) atoms. The van der Waals surface area contributed by atoms with Crippen molar-refractivity contribution in [2.75, 3.05) is 0 Å². The number of aryl methyl sites for hydroxylation is 2. The van der Waals surface area contributed by atoms with E-state index in [9.17, 15) is 4.79 Å². The molecule has 0 spiro atoms. The van der Waals surface area contributed by atoms with Crippen LogP contribution >= 0.6 is 0 Å². The summed E-state index contributed by atoms with van der Waals surface area (Å²) in [6.45, 7) is 3.89. The van der Waals surface area contributed by atoms with Crippen molar-refractivity contribution in [1.82, 2.24) is 20.3 Å². The van der Waals surface area contributed by atoms with Gasteiger partial charge in [-0.2, -0.15) is 0 Å². The van der Waals surface area contributed by atoms with Crippen molar-refractivity contribution < 1.29 is 9.53 Å². The summed E-state index contributed by atoms with van der Waals surface area (Å²) in [6.07, 6.45) is 5.56. The molecule has 2 aromatic heterocycles. The van der Waals surface area contributed by atoms with Crippen molar-refractivity contribution in [2.45, 2.75) is 51.7 Å². The van der Waals surface area contributed by atoms with Crippen LogP contribution in [-0.2, 0) is 0 Å². The highest BCUT2D eigenvalue weighted by Crippen LogP contribution is 2.23. The second kappa shape index (κ2) is 7.39. The van der Waals surface area contributed by atoms with Crippen molar-refractivity contribution in [3.63, 3.8) is 0 Å². The molecule has 1 saturated carbocycles. The van der Waals surface area contributed by atoms with E-state index in [-0.39, 0.29) is 18.1 Å². The monoisotopic (exact) mass is 364 g/mol. The molecule has 0 aliphatic heterocycles. The van der Waals surface area contributed by atoms with Gasteiger partial charge in [0.1, 0.15) is 6.10 Å². The maximum Gasteiger partial charge on any atom is 0.317 e. The molecule has 1 aromatic carbocycles. The Hall–Kier alpha value is -2.89. The van der Waals surface area contributed by atoms with Crippen molar-refractivity contribution in [1.29, 1.82) is 0 Å². The van der Waals surface area contributed by atoms with Crippen molar-refractivity contribution >= 4 is 16.8 Å². The Morgan fingerprint density at radius 3 is 2.56 bits per heavy atom. The minimum absolute atomic E-state index is 0.0138. The number of hydrogen-bond donors (Lipinski definition) is 2. The van der Waals surface area contributed by atoms with E-state index in [1.54, 1.807) is 0 Å². The summed E-state index contributed by atoms with van der Waals surface area (Å²) in [6, 6.07) is 10.3. The highest BCUT2D eigenvalue weighted by atomic mass is 16.5. The third-order valence-electron chi connectivity index (χ3n) is 5.06. The van der Waals surface area contributed by atoms with Gasteiger partial charge in [0.15, 0.2) is 0 Å². The van der Waals surface area contributed by atoms with Gasteiger partial charge in [-0.25, -0.2) is 9.97 Å². The molecule has 0 bridgehead atoms. The van der Waals surface area contributed by atoms with Crippen LogP contribution in [0.5, 0.6) is 6.01 Å². The summed E-state index contributed by atoms with van der Waals surface area (Å²) in [7, 11) is 0. The number of ether oxygens (including phenoxy) is 1. The molecule has 1 aliphatic rings. The molecule has 0 atom stereocenters. The number of nitrogens with zero attached hydrogens (tertiary/aromatic N) is 2. The van der Waals surface area contributed by atoms with Gasteiger partial charge in [-0.3, -0.25) is 4.79 Å². The van der Waals surface area contributed by atoms with E-state index < -0.39 is 0 Å². The van der Waals surface area contributed by atoms with Gasteiger partial charge >= 0.3 is 6.01 Å². The number of hydrogen-bond acceptors (Lipinski definition) is 4. The number of nitrogens with one attached hydrogen (secondary N) is 2. The molecule has 4 rings (SSSR count). The number of aromatic nitrogens is 3. The molecule has 140 valence electrons. The maximum atomic E-state index is 12.6. The standard InChI is InChI=1S/C21H24N4O2/c1-13-11-14(2)24-21(23-13)27-18-6-4-17(5-7-18)25-20(26)16-3-8-19-15(12-16)9-10-22-19/h3,8-12,17-18,22H,4-7H2,1-2H3,(H,25,26). The molecule has 1 aliphatic carbocycles. The summed E-state index contributed by atoms with van der Waals surface area (Å²) in [5.41, 5.74) is 3.57. The van der Waals surface area contributed by atoms with E-state index >= 15 is 0 Å². The van der Waals surface area contributed by atoms with Gasteiger partial charge in [0.2, 0.25) is 0 Å². The van der Waals surface area contributed by atoms with Crippen LogP contribution < -0.4 is 10.1 Å². The molecule has 2 heterocycles. The lowest BCUT2D eigenvalue weighted by Gasteiger charge is -2.29. The number of amides is 1. The Labute approximate surface area is 158 Å². The normalized spacial score (nSPS) is 19.8. The number of fused-ring (bicyclic) bond motifs is 1. The molecule has 0 saturated heterocycles. The van der Waals surface area contributed by atoms with Crippen molar-refractivity contribution in [3.05, 3.63) is 53.5 Å². The quantitative estimate of drug-likeness (QED) is 0.740. The third-order valence-corrected chi connectivity index (χ3v) is 5.06. The lowest BCUT2D eigenvalue weighted by Crippen LogP contribution is -2.39. The Kier molecular flexibility index (Phi) is 4.79. The molecule has 0 radical (unpaired) electrons. The second-order valence-electron chi connectivity index (χ2n) is 7.28. The lowest BCUT2D eigenvalue weighted by atomic mass is 9.92. The molecule has 1 amide bonds. The Bertz CT molecular complexity index is 937. The fraction of sp³-hybridized carbons (Fsp3) is 0.381. The van der Waals surface area contributed by atoms with E-state index in [2.05, 4.69) is 20.3 Å². The fourth-order valence-corrected chi connectivity index (χ4v) is 3.68. The first-order valence-electron chi connectivity index (χ1n) is 9.44. The van der Waals surface area contributed by atoms with Gasteiger partial charge < -0.3 is 15.0 Å². The fourth-order valence-electron chi connectivity index (χ4n) is 3.68. The molecule has 1 fully saturated rings. The Morgan fingerprint density at radius 1 is 1.07 bits per heavy atom. The van der Waals surface area contributed by atoms with Crippen LogP contribution in [0.25, 0.3) is 10.9 Å². The van der Waals surface area contributed by atoms with Crippen molar-refractivity contribution in [3.8, 4) is 6.01 Å². The molecular formula is C21H24N4O2. The predicted octanol–water partition coefficient (Wildman–Crippen LogP) is 3.69. The van der Waals surface area contributed by atoms with Gasteiger partial charge in [0.25, 0.3) is 5.91 Å². The smallest absolute Gasteiger partial charge is 0.317 e. The van der Waals surface area contributed by atoms with Gasteiger partial charge in [-0.15, -0.1) is 0 Å². The third kappa shape index (κ3) is 4.10. The number of benzene rings is 1. The van der Waals surface area contributed by atoms with Crippen molar-refractivity contribution in [2.24, 2.45) is 0 Å². The van der Waals surface area contributed by atoms with Gasteiger partial charge in [-0.1, -0.05) is 0 Å². The first-order valence-corrected chi connectivity index (χ1v) is 9.44. The Morgan fingerprint density at radius 2 is 1.81 bits per heavy atom. The van der Waals surface area contributed by atoms with Gasteiger partial charge in [0.05, 0.1) is 0 Å². The topological polar surface area (TPSA) is 79.9 Å². The SMILES string of the molecule is Cc1cc(C)nc(OC2CCC(NC(=O)c3ccc4[nH]ccc4c3)CC2)n1. The van der Waals surface area contributed by atoms with Crippen LogP contribution in [0.15, 0.2) is 36.5 Å². The van der Waals surface area contributed by atoms with E-state index in [1.165, 1.54) is 0 Å². The zero-order valence-electron chi connectivity index (χ0n) is 15.7. The minimum atomic E-state index is -0.0138. The Balaban J connectivity index is 1.31. The zero-order valence-corrected chi connectivity index (χ0v) is 15.7. The summed E-state index contributed by atoms with van der Waals surface area (Å²) in [4.78, 5) is 24.4. The van der Waals surface area contributed by atoms with Gasteiger partial charge in [-0.05, 0) is 69.9 Å². The predicted molar refractivity (Wildman–Crippen MR) is 104 cm³/mol. The second-order valence-corrected chi connectivity index (χ2v) is 7.28. The van der Waals surface area contributed by atoms with E-state index in [1.807, 2.05) is 50.4 Å². The number of H-pyrrole nitrogens is 1. The van der Waals surface area contributed by atoms with E-state index in [0.717, 1.165) is 48.0 Å². The van der Waals surface area contributed by atoms with Gasteiger partial charge in [0, 0.05) is 40.1 Å². The molecular weight excluding hydrogens is 340 g/mol. The molecule has 3 aromatic rings. The summed E-state index contributed by atoms with van der Waals surface area (Å²) >= 11 is 0. The number of carbonyl (C=O) groups excluding carboxylic acids is 1. The first kappa shape index (κ1) is 17.5. The summed E-state index contributed by atoms with van der Waals surface area (Å²) < 4.78 is 5.96. The lowest BCUT2D eigenvalue weighted by molar-refractivity contribution is 0.0885. The van der Waals surface area contributed by atoms with Crippen LogP contribution in [0.4, 0.5) is 0 Å². The largest absolute Gasteiger partial charge is 0.460 e. The molecule has 6 heteroatoms. The highest BCUT2D eigenvalue weighted by molar-refractivity contribution is 5.98. The van der Waals surface area contributed by atoms with Crippen LogP contribution in [0.1, 0.15) is 47.4 Å². The number of carbonyl (C=O) groups is 1. The zero-order chi connectivity index (χ0) is 18.8. The molecule has 0 unspecified atom stereocenters.